The first-order valence-corrected chi connectivity index (χ1v) is 13.7. The molecule has 11 nitrogen and oxygen atoms in total. The number of anilines is 1. The molecule has 0 bridgehead atoms. The van der Waals surface area contributed by atoms with Gasteiger partial charge in [-0.1, -0.05) is 17.8 Å². The van der Waals surface area contributed by atoms with Gasteiger partial charge in [-0.2, -0.15) is 0 Å². The molecule has 13 heteroatoms. The number of benzene rings is 3. The van der Waals surface area contributed by atoms with Crippen molar-refractivity contribution in [3.05, 3.63) is 86.3 Å². The van der Waals surface area contributed by atoms with Crippen LogP contribution in [0, 0.1) is 10.1 Å². The molecule has 1 amide bonds. The molecule has 0 saturated heterocycles. The Balaban J connectivity index is 1.65. The Morgan fingerprint density at radius 3 is 2.36 bits per heavy atom. The number of esters is 1. The van der Waals surface area contributed by atoms with Gasteiger partial charge in [0.15, 0.2) is 9.84 Å². The second-order valence-corrected chi connectivity index (χ2v) is 11.2. The first kappa shape index (κ1) is 27.7. The van der Waals surface area contributed by atoms with Crippen LogP contribution < -0.4 is 14.8 Å². The lowest BCUT2D eigenvalue weighted by atomic mass is 10.1. The van der Waals surface area contributed by atoms with Gasteiger partial charge in [0.2, 0.25) is 0 Å². The number of carbonyl (C=O) groups is 2. The highest BCUT2D eigenvalue weighted by molar-refractivity contribution is 8.04. The second kappa shape index (κ2) is 11.2. The fourth-order valence-corrected chi connectivity index (χ4v) is 6.21. The molecule has 0 spiro atoms. The van der Waals surface area contributed by atoms with Gasteiger partial charge in [-0.05, 0) is 48.5 Å². The van der Waals surface area contributed by atoms with Crippen LogP contribution in [0.4, 0.5) is 11.4 Å². The number of thioether (sulfide) groups is 1. The average Bonchev–Trinajstić information content (AvgIpc) is 2.92. The molecular formula is C26H22N2O9S2. The molecule has 4 rings (SSSR count). The number of nitro groups is 1. The first-order chi connectivity index (χ1) is 18.6. The van der Waals surface area contributed by atoms with Crippen molar-refractivity contribution in [2.45, 2.75) is 15.5 Å². The maximum atomic E-state index is 13.3. The molecule has 202 valence electrons. The van der Waals surface area contributed by atoms with Crippen molar-refractivity contribution in [3.63, 3.8) is 0 Å². The van der Waals surface area contributed by atoms with Crippen molar-refractivity contribution in [2.24, 2.45) is 0 Å². The van der Waals surface area contributed by atoms with E-state index in [1.165, 1.54) is 44.6 Å². The number of carbonyl (C=O) groups excluding carboxylic acids is 2. The summed E-state index contributed by atoms with van der Waals surface area (Å²) in [5.41, 5.74) is 0.378. The smallest absolute Gasteiger partial charge is 0.338 e. The van der Waals surface area contributed by atoms with Crippen LogP contribution in [-0.4, -0.2) is 46.5 Å². The van der Waals surface area contributed by atoms with Crippen LogP contribution >= 0.6 is 11.8 Å². The number of amides is 1. The van der Waals surface area contributed by atoms with E-state index in [2.05, 4.69) is 10.1 Å². The van der Waals surface area contributed by atoms with Gasteiger partial charge in [0.05, 0.1) is 64.2 Å². The molecule has 1 N–H and O–H groups in total. The van der Waals surface area contributed by atoms with Gasteiger partial charge in [-0.25, -0.2) is 13.2 Å². The largest absolute Gasteiger partial charge is 0.496 e. The molecule has 0 aromatic heterocycles. The predicted octanol–water partition coefficient (Wildman–Crippen LogP) is 4.46. The number of hydrogen-bond donors (Lipinski definition) is 1. The fourth-order valence-electron chi connectivity index (χ4n) is 3.89. The number of nitrogens with one attached hydrogen (secondary N) is 1. The topological polar surface area (TPSA) is 151 Å². The summed E-state index contributed by atoms with van der Waals surface area (Å²) >= 11 is 1.03. The molecule has 3 aromatic carbocycles. The van der Waals surface area contributed by atoms with E-state index in [4.69, 9.17) is 9.47 Å². The van der Waals surface area contributed by atoms with E-state index in [1.54, 1.807) is 24.3 Å². The third kappa shape index (κ3) is 5.73. The van der Waals surface area contributed by atoms with Crippen molar-refractivity contribution in [1.82, 2.24) is 0 Å². The Kier molecular flexibility index (Phi) is 7.93. The molecule has 0 aliphatic carbocycles. The third-order valence-electron chi connectivity index (χ3n) is 5.80. The lowest BCUT2D eigenvalue weighted by molar-refractivity contribution is -0.385. The van der Waals surface area contributed by atoms with Crippen molar-refractivity contribution < 1.29 is 37.1 Å². The zero-order valence-corrected chi connectivity index (χ0v) is 22.6. The maximum absolute atomic E-state index is 13.3. The molecule has 1 heterocycles. The van der Waals surface area contributed by atoms with E-state index in [-0.39, 0.29) is 32.3 Å². The lowest BCUT2D eigenvalue weighted by Crippen LogP contribution is -2.18. The summed E-state index contributed by atoms with van der Waals surface area (Å²) in [5.74, 6) is -0.964. The standard InChI is InChI=1S/C26H22N2O9S2/c1-35-21-5-4-6-22(36-2)18(21)14-39(33,34)17-9-10-23-19(13-17)27-25(29)24(38-23)12-15-7-8-16(26(30)37-3)11-20(15)28(31)32/h4-13H,14H2,1-3H3,(H,27,29)/b24-12+. The Morgan fingerprint density at radius 1 is 1.05 bits per heavy atom. The Bertz CT molecular complexity index is 1610. The van der Waals surface area contributed by atoms with Gasteiger partial charge in [-0.3, -0.25) is 14.9 Å². The number of fused-ring (bicyclic) bond motifs is 1. The summed E-state index contributed by atoms with van der Waals surface area (Å²) < 4.78 is 41.8. The highest BCUT2D eigenvalue weighted by Crippen LogP contribution is 2.41. The molecule has 1 aliphatic heterocycles. The quantitative estimate of drug-likeness (QED) is 0.178. The average molecular weight is 571 g/mol. The van der Waals surface area contributed by atoms with E-state index in [0.29, 0.717) is 22.0 Å². The predicted molar refractivity (Wildman–Crippen MR) is 144 cm³/mol. The number of ether oxygens (including phenoxy) is 3. The van der Waals surface area contributed by atoms with Crippen molar-refractivity contribution in [2.75, 3.05) is 26.6 Å². The van der Waals surface area contributed by atoms with Gasteiger partial charge >= 0.3 is 5.97 Å². The second-order valence-electron chi connectivity index (χ2n) is 8.15. The van der Waals surface area contributed by atoms with Crippen molar-refractivity contribution >= 4 is 50.9 Å². The van der Waals surface area contributed by atoms with Gasteiger partial charge < -0.3 is 19.5 Å². The van der Waals surface area contributed by atoms with E-state index in [0.717, 1.165) is 24.9 Å². The van der Waals surface area contributed by atoms with Gasteiger partial charge in [-0.15, -0.1) is 0 Å². The minimum absolute atomic E-state index is 0.00285. The summed E-state index contributed by atoms with van der Waals surface area (Å²) in [6.45, 7) is 0. The number of rotatable bonds is 8. The summed E-state index contributed by atoms with van der Waals surface area (Å²) in [7, 11) is 0.164. The number of hydrogen-bond acceptors (Lipinski definition) is 10. The van der Waals surface area contributed by atoms with Crippen LogP contribution in [0.3, 0.4) is 0 Å². The summed E-state index contributed by atoms with van der Waals surface area (Å²) in [6.07, 6.45) is 1.33. The minimum Gasteiger partial charge on any atom is -0.496 e. The normalized spacial score (nSPS) is 13.8. The van der Waals surface area contributed by atoms with E-state index < -0.39 is 32.4 Å². The monoisotopic (exact) mass is 570 g/mol. The van der Waals surface area contributed by atoms with Crippen LogP contribution in [0.15, 0.2) is 69.3 Å². The number of nitro benzene ring substituents is 1. The summed E-state index contributed by atoms with van der Waals surface area (Å²) in [4.78, 5) is 36.2. The van der Waals surface area contributed by atoms with Crippen molar-refractivity contribution in [1.29, 1.82) is 0 Å². The first-order valence-electron chi connectivity index (χ1n) is 11.2. The number of nitrogens with zero attached hydrogens (tertiary/aromatic N) is 1. The van der Waals surface area contributed by atoms with Gasteiger partial charge in [0.25, 0.3) is 11.6 Å². The molecule has 0 atom stereocenters. The van der Waals surface area contributed by atoms with Gasteiger partial charge in [0.1, 0.15) is 11.5 Å². The molecule has 1 aliphatic rings. The molecule has 3 aromatic rings. The molecule has 0 radical (unpaired) electrons. The van der Waals surface area contributed by atoms with Crippen molar-refractivity contribution in [3.8, 4) is 11.5 Å². The Hall–Kier alpha value is -4.36. The SMILES string of the molecule is COC(=O)c1ccc(/C=C2/Sc3ccc(S(=O)(=O)Cc4c(OC)cccc4OC)cc3NC2=O)c([N+](=O)[O-])c1. The highest BCUT2D eigenvalue weighted by Gasteiger charge is 2.27. The molecule has 0 saturated carbocycles. The molecule has 0 fully saturated rings. The minimum atomic E-state index is -3.87. The molecular weight excluding hydrogens is 548 g/mol. The van der Waals surface area contributed by atoms with Crippen LogP contribution in [0.2, 0.25) is 0 Å². The van der Waals surface area contributed by atoms with Crippen LogP contribution in [0.1, 0.15) is 21.5 Å². The fraction of sp³-hybridized carbons (Fsp3) is 0.154. The highest BCUT2D eigenvalue weighted by atomic mass is 32.2. The molecule has 0 unspecified atom stereocenters. The molecule has 39 heavy (non-hydrogen) atoms. The van der Waals surface area contributed by atoms with E-state index >= 15 is 0 Å². The van der Waals surface area contributed by atoms with Crippen LogP contribution in [0.5, 0.6) is 11.5 Å². The van der Waals surface area contributed by atoms with Crippen LogP contribution in [-0.2, 0) is 25.1 Å². The van der Waals surface area contributed by atoms with Crippen LogP contribution in [0.25, 0.3) is 6.08 Å². The van der Waals surface area contributed by atoms with E-state index in [1.807, 2.05) is 0 Å². The Labute approximate surface area is 227 Å². The zero-order chi connectivity index (χ0) is 28.3. The third-order valence-corrected chi connectivity index (χ3v) is 8.54. The summed E-state index contributed by atoms with van der Waals surface area (Å²) in [5, 5.41) is 14.2. The zero-order valence-electron chi connectivity index (χ0n) is 20.9. The number of methoxy groups -OCH3 is 3. The Morgan fingerprint density at radius 2 is 1.74 bits per heavy atom. The maximum Gasteiger partial charge on any atom is 0.338 e. The lowest BCUT2D eigenvalue weighted by Gasteiger charge is -2.20. The number of sulfone groups is 1. The van der Waals surface area contributed by atoms with E-state index in [9.17, 15) is 28.1 Å². The summed E-state index contributed by atoms with van der Waals surface area (Å²) in [6, 6.07) is 13.1. The van der Waals surface area contributed by atoms with Gasteiger partial charge in [0, 0.05) is 11.0 Å².